The van der Waals surface area contributed by atoms with Gasteiger partial charge in [0.25, 0.3) is 0 Å². The number of hydrogen-bond acceptors (Lipinski definition) is 3. The third kappa shape index (κ3) is 3.17. The number of nitrogens with one attached hydrogen (secondary N) is 1. The summed E-state index contributed by atoms with van der Waals surface area (Å²) in [4.78, 5) is 11.4. The maximum absolute atomic E-state index is 11.4. The Bertz CT molecular complexity index is 202. The fourth-order valence-corrected chi connectivity index (χ4v) is 2.81. The van der Waals surface area contributed by atoms with E-state index in [1.807, 2.05) is 18.7 Å². The average molecular weight is 216 g/mol. The van der Waals surface area contributed by atoms with Crippen molar-refractivity contribution in [3.8, 4) is 0 Å². The fraction of sp³-hybridized carbons (Fsp3) is 0.900. The molecule has 1 saturated heterocycles. The summed E-state index contributed by atoms with van der Waals surface area (Å²) in [6.07, 6.45) is 3.16. The molecule has 0 bridgehead atoms. The summed E-state index contributed by atoms with van der Waals surface area (Å²) in [7, 11) is 0. The van der Waals surface area contributed by atoms with Crippen LogP contribution in [0.5, 0.6) is 0 Å². The quantitative estimate of drug-likeness (QED) is 0.740. The van der Waals surface area contributed by atoms with Crippen molar-refractivity contribution in [3.63, 3.8) is 0 Å². The molecule has 4 heteroatoms. The van der Waals surface area contributed by atoms with Crippen LogP contribution in [-0.2, 0) is 4.79 Å². The zero-order valence-electron chi connectivity index (χ0n) is 9.01. The minimum Gasteiger partial charge on any atom is -0.353 e. The Hall–Kier alpha value is -0.220. The van der Waals surface area contributed by atoms with E-state index < -0.39 is 0 Å². The zero-order valence-corrected chi connectivity index (χ0v) is 9.82. The van der Waals surface area contributed by atoms with Crippen molar-refractivity contribution in [2.24, 2.45) is 5.73 Å². The Labute approximate surface area is 90.2 Å². The summed E-state index contributed by atoms with van der Waals surface area (Å²) in [6, 6.07) is -0.343. The second-order valence-corrected chi connectivity index (χ2v) is 5.82. The maximum atomic E-state index is 11.4. The van der Waals surface area contributed by atoms with Gasteiger partial charge in [-0.25, -0.2) is 0 Å². The largest absolute Gasteiger partial charge is 0.353 e. The molecule has 0 radical (unpaired) electrons. The number of amides is 1. The van der Waals surface area contributed by atoms with Gasteiger partial charge in [0.1, 0.15) is 0 Å². The molecule has 0 saturated carbocycles. The van der Waals surface area contributed by atoms with E-state index in [4.69, 9.17) is 5.73 Å². The third-order valence-corrected chi connectivity index (χ3v) is 4.25. The lowest BCUT2D eigenvalue weighted by molar-refractivity contribution is -0.122. The molecule has 2 unspecified atom stereocenters. The number of nitrogens with two attached hydrogens (primary N) is 1. The molecule has 14 heavy (non-hydrogen) atoms. The van der Waals surface area contributed by atoms with Crippen LogP contribution in [0.4, 0.5) is 0 Å². The molecular formula is C10H20N2OS. The monoisotopic (exact) mass is 216 g/mol. The van der Waals surface area contributed by atoms with Gasteiger partial charge in [0.05, 0.1) is 6.04 Å². The van der Waals surface area contributed by atoms with E-state index >= 15 is 0 Å². The summed E-state index contributed by atoms with van der Waals surface area (Å²) >= 11 is 1.95. The highest BCUT2D eigenvalue weighted by Crippen LogP contribution is 2.36. The van der Waals surface area contributed by atoms with E-state index in [2.05, 4.69) is 12.2 Å². The molecule has 1 heterocycles. The second kappa shape index (κ2) is 5.03. The number of carbonyl (C=O) groups excluding carboxylic acids is 1. The van der Waals surface area contributed by atoms with E-state index in [-0.39, 0.29) is 16.7 Å². The average Bonchev–Trinajstić information content (AvgIpc) is 2.61. The van der Waals surface area contributed by atoms with Gasteiger partial charge in [0.15, 0.2) is 0 Å². The number of hydrogen-bond donors (Lipinski definition) is 2. The van der Waals surface area contributed by atoms with E-state index in [9.17, 15) is 4.79 Å². The van der Waals surface area contributed by atoms with E-state index in [1.54, 1.807) is 0 Å². The highest BCUT2D eigenvalue weighted by Gasteiger charge is 2.30. The predicted molar refractivity (Wildman–Crippen MR) is 61.4 cm³/mol. The number of rotatable bonds is 4. The van der Waals surface area contributed by atoms with Crippen molar-refractivity contribution >= 4 is 17.7 Å². The molecule has 0 spiro atoms. The molecule has 0 aliphatic carbocycles. The van der Waals surface area contributed by atoms with Gasteiger partial charge >= 0.3 is 0 Å². The van der Waals surface area contributed by atoms with Crippen LogP contribution in [0.2, 0.25) is 0 Å². The van der Waals surface area contributed by atoms with Crippen LogP contribution in [0.3, 0.4) is 0 Å². The molecule has 1 fully saturated rings. The van der Waals surface area contributed by atoms with Crippen LogP contribution in [0, 0.1) is 0 Å². The van der Waals surface area contributed by atoms with Crippen LogP contribution in [-0.4, -0.2) is 29.0 Å². The van der Waals surface area contributed by atoms with E-state index in [0.717, 1.165) is 6.54 Å². The van der Waals surface area contributed by atoms with Gasteiger partial charge in [-0.15, -0.1) is 0 Å². The molecule has 0 aromatic rings. The van der Waals surface area contributed by atoms with E-state index in [0.29, 0.717) is 6.42 Å². The van der Waals surface area contributed by atoms with Gasteiger partial charge in [-0.2, -0.15) is 11.8 Å². The normalized spacial score (nSPS) is 28.8. The smallest absolute Gasteiger partial charge is 0.236 e. The van der Waals surface area contributed by atoms with Gasteiger partial charge in [-0.05, 0) is 31.9 Å². The topological polar surface area (TPSA) is 55.1 Å². The van der Waals surface area contributed by atoms with Gasteiger partial charge in [0, 0.05) is 11.3 Å². The first-order chi connectivity index (χ1) is 6.57. The lowest BCUT2D eigenvalue weighted by atomic mass is 10.1. The minimum absolute atomic E-state index is 0.0128. The first-order valence-electron chi connectivity index (χ1n) is 5.24. The summed E-state index contributed by atoms with van der Waals surface area (Å²) < 4.78 is 0.239. The lowest BCUT2D eigenvalue weighted by Gasteiger charge is -2.23. The van der Waals surface area contributed by atoms with Crippen molar-refractivity contribution in [3.05, 3.63) is 0 Å². The lowest BCUT2D eigenvalue weighted by Crippen LogP contribution is -2.45. The van der Waals surface area contributed by atoms with Gasteiger partial charge in [0.2, 0.25) is 5.91 Å². The number of carbonyl (C=O) groups is 1. The standard InChI is InChI=1S/C10H20N2OS/c1-3-8(11)9(13)12-7-10(2)5-4-6-14-10/h8H,3-7,11H2,1-2H3,(H,12,13). The third-order valence-electron chi connectivity index (χ3n) is 2.71. The Balaban J connectivity index is 2.29. The second-order valence-electron chi connectivity index (χ2n) is 4.13. The van der Waals surface area contributed by atoms with Crippen LogP contribution < -0.4 is 11.1 Å². The van der Waals surface area contributed by atoms with E-state index in [1.165, 1.54) is 18.6 Å². The summed E-state index contributed by atoms with van der Waals surface area (Å²) in [5, 5.41) is 2.93. The first kappa shape index (κ1) is 11.9. The van der Waals surface area contributed by atoms with Crippen molar-refractivity contribution in [1.29, 1.82) is 0 Å². The van der Waals surface area contributed by atoms with Crippen LogP contribution >= 0.6 is 11.8 Å². The van der Waals surface area contributed by atoms with Crippen LogP contribution in [0.1, 0.15) is 33.1 Å². The molecule has 1 aliphatic rings. The summed E-state index contributed by atoms with van der Waals surface area (Å²) in [6.45, 7) is 4.89. The highest BCUT2D eigenvalue weighted by molar-refractivity contribution is 8.00. The van der Waals surface area contributed by atoms with Gasteiger partial charge in [-0.3, -0.25) is 4.79 Å². The Morgan fingerprint density at radius 3 is 2.93 bits per heavy atom. The van der Waals surface area contributed by atoms with Crippen molar-refractivity contribution in [1.82, 2.24) is 5.32 Å². The molecule has 2 atom stereocenters. The molecule has 3 N–H and O–H groups in total. The SMILES string of the molecule is CCC(N)C(=O)NCC1(C)CCCS1. The van der Waals surface area contributed by atoms with Crippen molar-refractivity contribution < 1.29 is 4.79 Å². The van der Waals surface area contributed by atoms with Gasteiger partial charge in [-0.1, -0.05) is 6.92 Å². The zero-order chi connectivity index (χ0) is 10.6. The molecule has 1 aliphatic heterocycles. The molecule has 0 aromatic heterocycles. The van der Waals surface area contributed by atoms with Crippen molar-refractivity contribution in [2.75, 3.05) is 12.3 Å². The van der Waals surface area contributed by atoms with Crippen LogP contribution in [0.25, 0.3) is 0 Å². The Kier molecular flexibility index (Phi) is 4.26. The fourth-order valence-electron chi connectivity index (χ4n) is 1.57. The maximum Gasteiger partial charge on any atom is 0.236 e. The molecule has 3 nitrogen and oxygen atoms in total. The Morgan fingerprint density at radius 2 is 2.43 bits per heavy atom. The predicted octanol–water partition coefficient (Wildman–Crippen LogP) is 1.13. The molecular weight excluding hydrogens is 196 g/mol. The summed E-state index contributed by atoms with van der Waals surface area (Å²) in [5.74, 6) is 1.20. The molecule has 1 rings (SSSR count). The molecule has 1 amide bonds. The van der Waals surface area contributed by atoms with Gasteiger partial charge < -0.3 is 11.1 Å². The van der Waals surface area contributed by atoms with Crippen molar-refractivity contribution in [2.45, 2.75) is 43.9 Å². The Morgan fingerprint density at radius 1 is 1.71 bits per heavy atom. The minimum atomic E-state index is -0.343. The first-order valence-corrected chi connectivity index (χ1v) is 6.23. The number of thioether (sulfide) groups is 1. The summed E-state index contributed by atoms with van der Waals surface area (Å²) in [5.41, 5.74) is 5.63. The molecule has 0 aromatic carbocycles. The molecule has 82 valence electrons. The highest BCUT2D eigenvalue weighted by atomic mass is 32.2. The van der Waals surface area contributed by atoms with Crippen LogP contribution in [0.15, 0.2) is 0 Å².